The van der Waals surface area contributed by atoms with Gasteiger partial charge in [-0.25, -0.2) is 13.2 Å². The van der Waals surface area contributed by atoms with Crippen LogP contribution in [0.4, 0.5) is 0 Å². The number of hydrogen-bond donors (Lipinski definition) is 2. The van der Waals surface area contributed by atoms with Crippen LogP contribution in [0.15, 0.2) is 30.3 Å². The van der Waals surface area contributed by atoms with Gasteiger partial charge in [0.05, 0.1) is 7.11 Å². The fourth-order valence-electron chi connectivity index (χ4n) is 2.59. The van der Waals surface area contributed by atoms with Crippen LogP contribution in [0, 0.1) is 0 Å². The molecule has 1 N–H and O–H groups in total. The van der Waals surface area contributed by atoms with Crippen LogP contribution in [0.25, 0.3) is 0 Å². The molecule has 1 aromatic carbocycles. The van der Waals surface area contributed by atoms with Gasteiger partial charge in [0.1, 0.15) is 0 Å². The molecule has 1 fully saturated rings. The molecule has 1 unspecified atom stereocenters. The number of rotatable bonds is 6. The number of thiol groups is 1. The number of benzene rings is 1. The highest BCUT2D eigenvalue weighted by Crippen LogP contribution is 2.27. The Balaban J connectivity index is 2.29. The summed E-state index contributed by atoms with van der Waals surface area (Å²) < 4.78 is 34.8. The van der Waals surface area contributed by atoms with Crippen LogP contribution in [0.1, 0.15) is 18.1 Å². The average Bonchev–Trinajstić information content (AvgIpc) is 2.93. The first kappa shape index (κ1) is 18.3. The Morgan fingerprint density at radius 2 is 2.00 bits per heavy atom. The highest BCUT2D eigenvalue weighted by atomic mass is 32.2. The number of hydrogen-bond acceptors (Lipinski definition) is 7. The summed E-state index contributed by atoms with van der Waals surface area (Å²) in [6, 6.07) is 8.29. The minimum absolute atomic E-state index is 0.0566. The lowest BCUT2D eigenvalue weighted by molar-refractivity contribution is -0.156. The predicted molar refractivity (Wildman–Crippen MR) is 90.1 cm³/mol. The summed E-state index contributed by atoms with van der Waals surface area (Å²) in [4.78, 5) is 12.1. The van der Waals surface area contributed by atoms with Crippen molar-refractivity contribution in [1.82, 2.24) is 5.32 Å². The van der Waals surface area contributed by atoms with Crippen molar-refractivity contribution in [1.29, 1.82) is 0 Å². The van der Waals surface area contributed by atoms with E-state index >= 15 is 0 Å². The van der Waals surface area contributed by atoms with Crippen LogP contribution in [0.2, 0.25) is 0 Å². The van der Waals surface area contributed by atoms with Crippen molar-refractivity contribution >= 4 is 28.4 Å². The Morgan fingerprint density at radius 3 is 2.48 bits per heavy atom. The summed E-state index contributed by atoms with van der Waals surface area (Å²) in [5.41, 5.74) is -0.600. The zero-order chi connectivity index (χ0) is 17.0. The van der Waals surface area contributed by atoms with E-state index in [0.717, 1.165) is 6.26 Å². The van der Waals surface area contributed by atoms with Gasteiger partial charge in [-0.05, 0) is 12.0 Å². The summed E-state index contributed by atoms with van der Waals surface area (Å²) in [7, 11) is -2.30. The van der Waals surface area contributed by atoms with Crippen molar-refractivity contribution in [2.24, 2.45) is 0 Å². The van der Waals surface area contributed by atoms with Gasteiger partial charge in [-0.3, -0.25) is 0 Å². The van der Waals surface area contributed by atoms with Crippen molar-refractivity contribution in [2.75, 3.05) is 19.9 Å². The maximum absolute atomic E-state index is 12.2. The number of esters is 1. The summed E-state index contributed by atoms with van der Waals surface area (Å²) in [5, 5.41) is 3.15. The SMILES string of the molecule is COC(=O)C(O[C@@H]([C@@H]1C[C@@H](S)CN1)S(C)(=O)=O)c1ccccc1. The van der Waals surface area contributed by atoms with E-state index in [9.17, 15) is 13.2 Å². The first-order valence-corrected chi connectivity index (χ1v) is 9.68. The fourth-order valence-corrected chi connectivity index (χ4v) is 4.04. The van der Waals surface area contributed by atoms with E-state index in [-0.39, 0.29) is 5.25 Å². The van der Waals surface area contributed by atoms with Crippen molar-refractivity contribution in [3.63, 3.8) is 0 Å². The Morgan fingerprint density at radius 1 is 1.35 bits per heavy atom. The highest BCUT2D eigenvalue weighted by molar-refractivity contribution is 7.91. The first-order valence-electron chi connectivity index (χ1n) is 7.21. The molecular formula is C15H21NO5S2. The molecule has 1 aliphatic heterocycles. The third-order valence-corrected chi connectivity index (χ3v) is 5.36. The Kier molecular flexibility index (Phi) is 6.07. The molecule has 0 amide bonds. The van der Waals surface area contributed by atoms with Gasteiger partial charge < -0.3 is 14.8 Å². The van der Waals surface area contributed by atoms with Gasteiger partial charge in [-0.2, -0.15) is 12.6 Å². The van der Waals surface area contributed by atoms with E-state index in [1.807, 2.05) is 0 Å². The molecule has 0 saturated carbocycles. The molecule has 1 saturated heterocycles. The maximum atomic E-state index is 12.2. The topological polar surface area (TPSA) is 81.7 Å². The number of methoxy groups -OCH3 is 1. The van der Waals surface area contributed by atoms with Crippen LogP contribution in [-0.4, -0.2) is 51.0 Å². The van der Waals surface area contributed by atoms with Crippen molar-refractivity contribution in [3.05, 3.63) is 35.9 Å². The molecule has 0 radical (unpaired) electrons. The lowest BCUT2D eigenvalue weighted by Gasteiger charge is -2.26. The summed E-state index contributed by atoms with van der Waals surface area (Å²) in [5.74, 6) is -0.634. The molecule has 8 heteroatoms. The minimum atomic E-state index is -3.54. The maximum Gasteiger partial charge on any atom is 0.339 e. The predicted octanol–water partition coefficient (Wildman–Crippen LogP) is 0.948. The molecule has 2 rings (SSSR count). The van der Waals surface area contributed by atoms with Gasteiger partial charge in [0.15, 0.2) is 21.4 Å². The smallest absolute Gasteiger partial charge is 0.339 e. The van der Waals surface area contributed by atoms with Gasteiger partial charge in [-0.15, -0.1) is 0 Å². The molecule has 0 spiro atoms. The van der Waals surface area contributed by atoms with E-state index < -0.39 is 33.4 Å². The lowest BCUT2D eigenvalue weighted by Crippen LogP contribution is -2.43. The number of ether oxygens (including phenoxy) is 2. The molecule has 0 bridgehead atoms. The second-order valence-electron chi connectivity index (χ2n) is 5.55. The Bertz CT molecular complexity index is 635. The zero-order valence-electron chi connectivity index (χ0n) is 13.0. The van der Waals surface area contributed by atoms with Gasteiger partial charge in [0, 0.05) is 24.1 Å². The van der Waals surface area contributed by atoms with Gasteiger partial charge in [0.2, 0.25) is 0 Å². The van der Waals surface area contributed by atoms with Crippen molar-refractivity contribution in [3.8, 4) is 0 Å². The third kappa shape index (κ3) is 4.69. The zero-order valence-corrected chi connectivity index (χ0v) is 14.7. The standard InChI is InChI=1S/C15H21NO5S2/c1-20-14(17)13(10-6-4-3-5-7-10)21-15(23(2,18)19)12-8-11(22)9-16-12/h3-7,11-13,15-16,22H,8-9H2,1-2H3/t11-,12+,13?,15-/m1/s1. The third-order valence-electron chi connectivity index (χ3n) is 3.68. The van der Waals surface area contributed by atoms with E-state index in [0.29, 0.717) is 18.5 Å². The van der Waals surface area contributed by atoms with Crippen molar-refractivity contribution in [2.45, 2.75) is 29.3 Å². The van der Waals surface area contributed by atoms with Crippen molar-refractivity contribution < 1.29 is 22.7 Å². The second kappa shape index (κ2) is 7.65. The van der Waals surface area contributed by atoms with Crippen LogP contribution in [0.3, 0.4) is 0 Å². The highest BCUT2D eigenvalue weighted by Gasteiger charge is 2.39. The van der Waals surface area contributed by atoms with E-state index in [1.165, 1.54) is 7.11 Å². The average molecular weight is 359 g/mol. The van der Waals surface area contributed by atoms with Gasteiger partial charge >= 0.3 is 5.97 Å². The normalized spacial score (nSPS) is 24.1. The van der Waals surface area contributed by atoms with E-state index in [2.05, 4.69) is 17.9 Å². The summed E-state index contributed by atoms with van der Waals surface area (Å²) in [6.07, 6.45) is 0.551. The molecule has 4 atom stereocenters. The van der Waals surface area contributed by atoms with Gasteiger partial charge in [-0.1, -0.05) is 30.3 Å². The second-order valence-corrected chi connectivity index (χ2v) is 8.41. The van der Waals surface area contributed by atoms with E-state index in [4.69, 9.17) is 9.47 Å². The minimum Gasteiger partial charge on any atom is -0.467 e. The molecule has 1 aliphatic rings. The van der Waals surface area contributed by atoms with Gasteiger partial charge in [0.25, 0.3) is 0 Å². The number of carbonyl (C=O) groups excluding carboxylic acids is 1. The summed E-state index contributed by atoms with van der Waals surface area (Å²) in [6.45, 7) is 0.595. The number of nitrogens with one attached hydrogen (secondary N) is 1. The van der Waals surface area contributed by atoms with Crippen LogP contribution < -0.4 is 5.32 Å². The molecule has 0 aliphatic carbocycles. The van der Waals surface area contributed by atoms with Crippen LogP contribution in [-0.2, 0) is 24.1 Å². The Hall–Kier alpha value is -1.09. The largest absolute Gasteiger partial charge is 0.467 e. The molecule has 6 nitrogen and oxygen atoms in total. The molecule has 1 aromatic rings. The lowest BCUT2D eigenvalue weighted by atomic mass is 10.1. The molecule has 1 heterocycles. The van der Waals surface area contributed by atoms with E-state index in [1.54, 1.807) is 30.3 Å². The fraction of sp³-hybridized carbons (Fsp3) is 0.533. The monoisotopic (exact) mass is 359 g/mol. The molecule has 0 aromatic heterocycles. The molecular weight excluding hydrogens is 338 g/mol. The quantitative estimate of drug-likeness (QED) is 0.581. The summed E-state index contributed by atoms with van der Waals surface area (Å²) >= 11 is 4.36. The molecule has 23 heavy (non-hydrogen) atoms. The van der Waals surface area contributed by atoms with Crippen LogP contribution >= 0.6 is 12.6 Å². The number of sulfone groups is 1. The first-order chi connectivity index (χ1) is 10.8. The molecule has 128 valence electrons. The van der Waals surface area contributed by atoms with Crippen LogP contribution in [0.5, 0.6) is 0 Å². The Labute approximate surface area is 141 Å². The number of carbonyl (C=O) groups is 1.